The lowest BCUT2D eigenvalue weighted by Crippen LogP contribution is -2.31. The third kappa shape index (κ3) is 4.64. The molecule has 2 N–H and O–H groups in total. The van der Waals surface area contributed by atoms with Gasteiger partial charge in [-0.1, -0.05) is 140 Å². The van der Waals surface area contributed by atoms with Crippen molar-refractivity contribution in [2.75, 3.05) is 0 Å². The minimum absolute atomic E-state index is 0.00452. The third-order valence-electron chi connectivity index (χ3n) is 15.7. The van der Waals surface area contributed by atoms with E-state index in [1.165, 1.54) is 0 Å². The Morgan fingerprint density at radius 1 is 0.348 bits per heavy atom. The van der Waals surface area contributed by atoms with Crippen molar-refractivity contribution in [2.24, 2.45) is 0 Å². The predicted molar refractivity (Wildman–Crippen MR) is 268 cm³/mol. The van der Waals surface area contributed by atoms with Crippen molar-refractivity contribution >= 4 is 83.4 Å². The monoisotopic (exact) mass is 884 g/mol. The number of carbonyl (C=O) groups is 5. The molecule has 320 valence electrons. The molecule has 2 atom stereocenters. The van der Waals surface area contributed by atoms with E-state index < -0.39 is 11.8 Å². The Morgan fingerprint density at radius 3 is 1.33 bits per heavy atom. The van der Waals surface area contributed by atoms with Crippen molar-refractivity contribution in [1.82, 2.24) is 0 Å². The Morgan fingerprint density at radius 2 is 0.783 bits per heavy atom. The number of carbonyl (C=O) groups excluding carboxylic acids is 5. The van der Waals surface area contributed by atoms with Gasteiger partial charge in [0.15, 0.2) is 28.9 Å². The molecule has 7 nitrogen and oxygen atoms in total. The maximum atomic E-state index is 14.7. The molecule has 0 saturated heterocycles. The van der Waals surface area contributed by atoms with Gasteiger partial charge in [-0.25, -0.2) is 0 Å². The Balaban J connectivity index is 1.10. The molecule has 0 spiro atoms. The fourth-order valence-electron chi connectivity index (χ4n) is 12.7. The molecule has 6 aliphatic rings. The van der Waals surface area contributed by atoms with Crippen LogP contribution in [0.25, 0.3) is 65.3 Å². The molecule has 0 heterocycles. The van der Waals surface area contributed by atoms with Gasteiger partial charge in [-0.15, -0.1) is 0 Å². The molecule has 0 aromatic heterocycles. The average molecular weight is 885 g/mol. The van der Waals surface area contributed by atoms with Gasteiger partial charge in [0.2, 0.25) is 0 Å². The number of hydrogen-bond donors (Lipinski definition) is 2. The summed E-state index contributed by atoms with van der Waals surface area (Å²) in [6, 6.07) is 42.0. The predicted octanol–water partition coefficient (Wildman–Crippen LogP) is 12.6. The second kappa shape index (κ2) is 13.1. The molecular weight excluding hydrogens is 853 g/mol. The smallest absolute Gasteiger partial charge is 0.196 e. The summed E-state index contributed by atoms with van der Waals surface area (Å²) in [5, 5.41) is 27.2. The zero-order valence-corrected chi connectivity index (χ0v) is 36.4. The molecule has 6 aliphatic carbocycles. The Labute approximate surface area is 392 Å². The highest BCUT2D eigenvalue weighted by molar-refractivity contribution is 6.44. The maximum absolute atomic E-state index is 14.7. The zero-order chi connectivity index (χ0) is 46.3. The van der Waals surface area contributed by atoms with Crippen LogP contribution in [-0.2, 0) is 6.42 Å². The van der Waals surface area contributed by atoms with Crippen LogP contribution >= 0.6 is 0 Å². The molecule has 15 rings (SSSR count). The van der Waals surface area contributed by atoms with Gasteiger partial charge in [0.25, 0.3) is 0 Å². The van der Waals surface area contributed by atoms with Crippen LogP contribution < -0.4 is 0 Å². The molecule has 7 heteroatoms. The van der Waals surface area contributed by atoms with Crippen LogP contribution in [-0.4, -0.2) is 40.3 Å². The van der Waals surface area contributed by atoms with E-state index in [-0.39, 0.29) is 73.8 Å². The molecule has 0 aliphatic heterocycles. The van der Waals surface area contributed by atoms with Gasteiger partial charge < -0.3 is 10.8 Å². The minimum Gasteiger partial charge on any atom is -0.304 e. The number of Topliss-reactive ketones (excluding diaryl/α,β-unsaturated/α-hetero) is 4. The minimum atomic E-state index is -0.826. The summed E-state index contributed by atoms with van der Waals surface area (Å²) in [6.07, 6.45) is 7.82. The van der Waals surface area contributed by atoms with Gasteiger partial charge in [0, 0.05) is 61.7 Å². The maximum Gasteiger partial charge on any atom is 0.196 e. The molecule has 2 unspecified atom stereocenters. The van der Waals surface area contributed by atoms with E-state index in [0.717, 1.165) is 82.0 Å². The first-order chi connectivity index (χ1) is 33.7. The number of ketones is 5. The molecule has 0 bridgehead atoms. The topological polar surface area (TPSA) is 133 Å². The molecule has 0 amide bonds. The Kier molecular flexibility index (Phi) is 7.22. The number of nitrogens with one attached hydrogen (secondary N) is 2. The van der Waals surface area contributed by atoms with E-state index in [0.29, 0.717) is 34.2 Å². The summed E-state index contributed by atoms with van der Waals surface area (Å²) in [7, 11) is 0. The molecule has 0 saturated carbocycles. The first-order valence-corrected chi connectivity index (χ1v) is 23.1. The van der Waals surface area contributed by atoms with E-state index in [1.54, 1.807) is 60.7 Å². The summed E-state index contributed by atoms with van der Waals surface area (Å²) in [4.78, 5) is 72.0. The number of fused-ring (bicyclic) bond motifs is 8. The normalized spacial score (nSPS) is 18.6. The lowest BCUT2D eigenvalue weighted by atomic mass is 9.69. The van der Waals surface area contributed by atoms with Crippen LogP contribution in [0, 0.1) is 10.8 Å². The van der Waals surface area contributed by atoms with Gasteiger partial charge in [0.05, 0.1) is 22.6 Å². The number of rotatable bonds is 2. The summed E-state index contributed by atoms with van der Waals surface area (Å²) >= 11 is 0. The van der Waals surface area contributed by atoms with Gasteiger partial charge in [-0.3, -0.25) is 24.0 Å². The van der Waals surface area contributed by atoms with Crippen LogP contribution in [0.15, 0.2) is 180 Å². The molecule has 9 aromatic carbocycles. The summed E-state index contributed by atoms with van der Waals surface area (Å²) in [5.41, 5.74) is 10.2. The second-order valence-electron chi connectivity index (χ2n) is 18.9. The van der Waals surface area contributed by atoms with Crippen molar-refractivity contribution in [1.29, 1.82) is 10.8 Å². The fraction of sp³-hybridized carbons (Fsp3) is 0.0484. The van der Waals surface area contributed by atoms with Crippen molar-refractivity contribution in [3.8, 4) is 22.3 Å². The Bertz CT molecular complexity index is 4310. The lowest BCUT2D eigenvalue weighted by molar-refractivity contribution is 0.0981. The molecular formula is C62H32N2O5. The highest BCUT2D eigenvalue weighted by Crippen LogP contribution is 2.56. The first-order valence-electron chi connectivity index (χ1n) is 23.1. The highest BCUT2D eigenvalue weighted by Gasteiger charge is 2.42. The molecule has 9 aromatic rings. The van der Waals surface area contributed by atoms with E-state index >= 15 is 0 Å². The number of benzene rings is 9. The summed E-state index contributed by atoms with van der Waals surface area (Å²) in [5.74, 6) is -3.09. The highest BCUT2D eigenvalue weighted by atomic mass is 16.1. The van der Waals surface area contributed by atoms with Crippen LogP contribution in [0.5, 0.6) is 0 Å². The molecule has 0 fully saturated rings. The van der Waals surface area contributed by atoms with Crippen molar-refractivity contribution in [2.45, 2.75) is 18.3 Å². The second-order valence-corrected chi connectivity index (χ2v) is 18.9. The van der Waals surface area contributed by atoms with Crippen LogP contribution in [0.4, 0.5) is 0 Å². The average Bonchev–Trinajstić information content (AvgIpc) is 3.38. The largest absolute Gasteiger partial charge is 0.304 e. The van der Waals surface area contributed by atoms with Crippen molar-refractivity contribution in [3.05, 3.63) is 236 Å². The number of allylic oxidation sites excluding steroid dienone is 8. The van der Waals surface area contributed by atoms with Gasteiger partial charge in [-0.05, 0) is 107 Å². The van der Waals surface area contributed by atoms with E-state index in [2.05, 4.69) is 36.4 Å². The fourth-order valence-corrected chi connectivity index (χ4v) is 12.7. The van der Waals surface area contributed by atoms with E-state index in [4.69, 9.17) is 0 Å². The van der Waals surface area contributed by atoms with Gasteiger partial charge >= 0.3 is 0 Å². The molecule has 69 heavy (non-hydrogen) atoms. The van der Waals surface area contributed by atoms with Crippen LogP contribution in [0.2, 0.25) is 0 Å². The Hall–Kier alpha value is -9.07. The summed E-state index contributed by atoms with van der Waals surface area (Å²) in [6.45, 7) is 0. The van der Waals surface area contributed by atoms with Gasteiger partial charge in [0.1, 0.15) is 0 Å². The molecule has 0 radical (unpaired) electrons. The SMILES string of the molecule is N=C1C2=C(C=CC1c1cc3c4c(ccc5c6ccc7c8c(cc(C9C=CC%10=C(C9=N)C(=O)c9ccccc9C%10=O)c(c1c45)c86)-c1ccccc1C7=O)Cc1ccccc1-3)C(=O)c1ccccc1C2=O. The van der Waals surface area contributed by atoms with Gasteiger partial charge in [-0.2, -0.15) is 0 Å². The quantitative estimate of drug-likeness (QED) is 0.132. The number of hydrogen-bond acceptors (Lipinski definition) is 7. The van der Waals surface area contributed by atoms with E-state index in [9.17, 15) is 34.8 Å². The first kappa shape index (κ1) is 38.1. The standard InChI is InChI=1S/C62H32N2O5/c63-56-34(20-23-42-54(56)61(68)39-15-7-5-13-37(39)59(42)66)46-26-44-30-10-2-1-9-28(30)25-29-17-18-32-33-19-22-41-49-45(31-11-3-4-12-36(31)58(41)65)27-47(53(51(33)49)52(46)50(32)48(29)44)35-21-24-43-55(57(35)64)62(69)40-16-8-6-14-38(40)60(43)67/h1-24,26-27,34-35,63-64H,25H2. The lowest BCUT2D eigenvalue weighted by Gasteiger charge is -2.33. The van der Waals surface area contributed by atoms with Crippen molar-refractivity contribution in [3.63, 3.8) is 0 Å². The van der Waals surface area contributed by atoms with Crippen molar-refractivity contribution < 1.29 is 24.0 Å². The van der Waals surface area contributed by atoms with Crippen LogP contribution in [0.1, 0.15) is 91.4 Å². The summed E-state index contributed by atoms with van der Waals surface area (Å²) < 4.78 is 0. The van der Waals surface area contributed by atoms with Crippen LogP contribution in [0.3, 0.4) is 0 Å². The zero-order valence-electron chi connectivity index (χ0n) is 36.4. The van der Waals surface area contributed by atoms with E-state index in [1.807, 2.05) is 60.7 Å². The third-order valence-corrected chi connectivity index (χ3v) is 15.7.